The molecule has 120 valence electrons. The SMILES string of the molecule is C[C@@H](C(=O)N(C)CCO)c1ccc2c(c1)[nH]c1ccc(Cl)cc12. The van der Waals surface area contributed by atoms with Gasteiger partial charge in [0.05, 0.1) is 12.5 Å². The van der Waals surface area contributed by atoms with E-state index in [9.17, 15) is 4.79 Å². The van der Waals surface area contributed by atoms with E-state index in [2.05, 4.69) is 4.98 Å². The fourth-order valence-electron chi connectivity index (χ4n) is 2.90. The van der Waals surface area contributed by atoms with Crippen LogP contribution in [0.15, 0.2) is 36.4 Å². The Morgan fingerprint density at radius 2 is 2.00 bits per heavy atom. The fraction of sp³-hybridized carbons (Fsp3) is 0.278. The third kappa shape index (κ3) is 2.92. The predicted molar refractivity (Wildman–Crippen MR) is 94.0 cm³/mol. The highest BCUT2D eigenvalue weighted by atomic mass is 35.5. The quantitative estimate of drug-likeness (QED) is 0.769. The second kappa shape index (κ2) is 6.22. The van der Waals surface area contributed by atoms with E-state index in [1.807, 2.05) is 43.3 Å². The first-order chi connectivity index (χ1) is 11.0. The monoisotopic (exact) mass is 330 g/mol. The van der Waals surface area contributed by atoms with Crippen molar-refractivity contribution in [2.24, 2.45) is 0 Å². The van der Waals surface area contributed by atoms with E-state index >= 15 is 0 Å². The van der Waals surface area contributed by atoms with Gasteiger partial charge in [-0.2, -0.15) is 0 Å². The van der Waals surface area contributed by atoms with Gasteiger partial charge in [-0.1, -0.05) is 23.7 Å². The second-order valence-electron chi connectivity index (χ2n) is 5.83. The Balaban J connectivity index is 2.00. The topological polar surface area (TPSA) is 56.3 Å². The molecule has 1 aromatic heterocycles. The molecular formula is C18H19ClN2O2. The largest absolute Gasteiger partial charge is 0.395 e. The lowest BCUT2D eigenvalue weighted by Gasteiger charge is -2.20. The maximum atomic E-state index is 12.4. The molecule has 3 aromatic rings. The normalized spacial score (nSPS) is 12.7. The van der Waals surface area contributed by atoms with Gasteiger partial charge in [0, 0.05) is 40.4 Å². The standard InChI is InChI=1S/C18H19ClN2O2/c1-11(18(23)21(2)7-8-22)12-3-5-14-15-10-13(19)4-6-16(15)20-17(14)9-12/h3-6,9-11,20,22H,7-8H2,1-2H3/t11-/m1/s1. The maximum absolute atomic E-state index is 12.4. The maximum Gasteiger partial charge on any atom is 0.229 e. The lowest BCUT2D eigenvalue weighted by Crippen LogP contribution is -2.32. The molecule has 3 rings (SSSR count). The highest BCUT2D eigenvalue weighted by Crippen LogP contribution is 2.30. The van der Waals surface area contributed by atoms with Crippen LogP contribution in [-0.4, -0.2) is 41.1 Å². The van der Waals surface area contributed by atoms with Crippen LogP contribution in [-0.2, 0) is 4.79 Å². The molecule has 23 heavy (non-hydrogen) atoms. The van der Waals surface area contributed by atoms with E-state index in [1.165, 1.54) is 0 Å². The van der Waals surface area contributed by atoms with E-state index in [-0.39, 0.29) is 18.4 Å². The molecule has 1 atom stereocenters. The van der Waals surface area contributed by atoms with Crippen LogP contribution in [0.25, 0.3) is 21.8 Å². The number of carbonyl (C=O) groups excluding carboxylic acids is 1. The Morgan fingerprint density at radius 3 is 2.74 bits per heavy atom. The number of nitrogens with one attached hydrogen (secondary N) is 1. The Labute approximate surface area is 139 Å². The minimum atomic E-state index is -0.258. The van der Waals surface area contributed by atoms with Crippen molar-refractivity contribution in [3.63, 3.8) is 0 Å². The summed E-state index contributed by atoms with van der Waals surface area (Å²) in [5.41, 5.74) is 2.96. The molecule has 0 saturated carbocycles. The number of nitrogens with zero attached hydrogens (tertiary/aromatic N) is 1. The van der Waals surface area contributed by atoms with Crippen molar-refractivity contribution < 1.29 is 9.90 Å². The van der Waals surface area contributed by atoms with E-state index in [1.54, 1.807) is 11.9 Å². The van der Waals surface area contributed by atoms with Crippen LogP contribution in [0.3, 0.4) is 0 Å². The smallest absolute Gasteiger partial charge is 0.229 e. The van der Waals surface area contributed by atoms with Crippen LogP contribution in [0.2, 0.25) is 5.02 Å². The van der Waals surface area contributed by atoms with Crippen molar-refractivity contribution in [1.82, 2.24) is 9.88 Å². The molecule has 0 aliphatic heterocycles. The Morgan fingerprint density at radius 1 is 1.22 bits per heavy atom. The van der Waals surface area contributed by atoms with Crippen molar-refractivity contribution in [2.75, 3.05) is 20.2 Å². The average molecular weight is 331 g/mol. The van der Waals surface area contributed by atoms with Crippen molar-refractivity contribution in [1.29, 1.82) is 0 Å². The highest BCUT2D eigenvalue weighted by Gasteiger charge is 2.19. The number of rotatable bonds is 4. The minimum absolute atomic E-state index is 0.00226. The summed E-state index contributed by atoms with van der Waals surface area (Å²) in [7, 11) is 1.71. The molecule has 0 spiro atoms. The number of H-pyrrole nitrogens is 1. The molecule has 1 amide bonds. The van der Waals surface area contributed by atoms with Crippen LogP contribution >= 0.6 is 11.6 Å². The number of hydrogen-bond donors (Lipinski definition) is 2. The number of halogens is 1. The van der Waals surface area contributed by atoms with Crippen LogP contribution in [0, 0.1) is 0 Å². The Kier molecular flexibility index (Phi) is 4.28. The van der Waals surface area contributed by atoms with Gasteiger partial charge in [-0.3, -0.25) is 4.79 Å². The molecule has 0 aliphatic rings. The molecule has 2 N–H and O–H groups in total. The zero-order valence-electron chi connectivity index (χ0n) is 13.1. The summed E-state index contributed by atoms with van der Waals surface area (Å²) >= 11 is 6.08. The number of benzene rings is 2. The summed E-state index contributed by atoms with van der Waals surface area (Å²) in [4.78, 5) is 17.3. The number of aliphatic hydroxyl groups excluding tert-OH is 1. The van der Waals surface area contributed by atoms with Gasteiger partial charge in [0.1, 0.15) is 0 Å². The number of likely N-dealkylation sites (N-methyl/N-ethyl adjacent to an activating group) is 1. The minimum Gasteiger partial charge on any atom is -0.395 e. The van der Waals surface area contributed by atoms with Gasteiger partial charge in [0.2, 0.25) is 5.91 Å². The number of aliphatic hydroxyl groups is 1. The summed E-state index contributed by atoms with van der Waals surface area (Å²) in [6.45, 7) is 2.20. The van der Waals surface area contributed by atoms with Crippen molar-refractivity contribution >= 4 is 39.3 Å². The van der Waals surface area contributed by atoms with E-state index in [4.69, 9.17) is 16.7 Å². The number of carbonyl (C=O) groups is 1. The molecule has 0 fully saturated rings. The zero-order valence-corrected chi connectivity index (χ0v) is 13.9. The van der Waals surface area contributed by atoms with E-state index < -0.39 is 0 Å². The molecule has 2 aromatic carbocycles. The van der Waals surface area contributed by atoms with Crippen molar-refractivity contribution in [3.8, 4) is 0 Å². The third-order valence-electron chi connectivity index (χ3n) is 4.27. The number of amides is 1. The van der Waals surface area contributed by atoms with Crippen molar-refractivity contribution in [2.45, 2.75) is 12.8 Å². The van der Waals surface area contributed by atoms with Crippen LogP contribution in [0.1, 0.15) is 18.4 Å². The first-order valence-corrected chi connectivity index (χ1v) is 7.96. The predicted octanol–water partition coefficient (Wildman–Crippen LogP) is 3.53. The fourth-order valence-corrected chi connectivity index (χ4v) is 3.07. The van der Waals surface area contributed by atoms with E-state index in [0.717, 1.165) is 27.4 Å². The number of fused-ring (bicyclic) bond motifs is 3. The Hall–Kier alpha value is -2.04. The number of hydrogen-bond acceptors (Lipinski definition) is 2. The lowest BCUT2D eigenvalue weighted by molar-refractivity contribution is -0.131. The summed E-state index contributed by atoms with van der Waals surface area (Å²) in [6, 6.07) is 11.8. The first kappa shape index (κ1) is 15.8. The summed E-state index contributed by atoms with van der Waals surface area (Å²) in [5, 5.41) is 11.8. The average Bonchev–Trinajstić information content (AvgIpc) is 2.90. The number of aromatic nitrogens is 1. The van der Waals surface area contributed by atoms with Gasteiger partial charge in [0.15, 0.2) is 0 Å². The highest BCUT2D eigenvalue weighted by molar-refractivity contribution is 6.31. The molecule has 0 bridgehead atoms. The van der Waals surface area contributed by atoms with Gasteiger partial charge in [-0.15, -0.1) is 0 Å². The van der Waals surface area contributed by atoms with Crippen LogP contribution in [0.4, 0.5) is 0 Å². The first-order valence-electron chi connectivity index (χ1n) is 7.58. The van der Waals surface area contributed by atoms with Gasteiger partial charge in [-0.25, -0.2) is 0 Å². The Bertz CT molecular complexity index is 872. The van der Waals surface area contributed by atoms with E-state index in [0.29, 0.717) is 11.6 Å². The summed E-state index contributed by atoms with van der Waals surface area (Å²) in [6.07, 6.45) is 0. The third-order valence-corrected chi connectivity index (χ3v) is 4.50. The molecule has 1 heterocycles. The second-order valence-corrected chi connectivity index (χ2v) is 6.26. The van der Waals surface area contributed by atoms with Gasteiger partial charge in [-0.05, 0) is 36.8 Å². The van der Waals surface area contributed by atoms with Gasteiger partial charge < -0.3 is 15.0 Å². The molecule has 0 saturated heterocycles. The van der Waals surface area contributed by atoms with Crippen molar-refractivity contribution in [3.05, 3.63) is 47.0 Å². The number of aromatic amines is 1. The molecule has 4 nitrogen and oxygen atoms in total. The van der Waals surface area contributed by atoms with Crippen LogP contribution in [0.5, 0.6) is 0 Å². The van der Waals surface area contributed by atoms with Gasteiger partial charge in [0.25, 0.3) is 0 Å². The zero-order chi connectivity index (χ0) is 16.6. The van der Waals surface area contributed by atoms with Crippen LogP contribution < -0.4 is 0 Å². The molecule has 0 radical (unpaired) electrons. The summed E-state index contributed by atoms with van der Waals surface area (Å²) in [5.74, 6) is -0.261. The molecular weight excluding hydrogens is 312 g/mol. The lowest BCUT2D eigenvalue weighted by atomic mass is 9.98. The molecule has 5 heteroatoms. The molecule has 0 unspecified atom stereocenters. The van der Waals surface area contributed by atoms with Gasteiger partial charge >= 0.3 is 0 Å². The summed E-state index contributed by atoms with van der Waals surface area (Å²) < 4.78 is 0. The molecule has 0 aliphatic carbocycles.